The second kappa shape index (κ2) is 10.2. The van der Waals surface area contributed by atoms with E-state index in [9.17, 15) is 13.2 Å². The number of methoxy groups -OCH3 is 1. The molecule has 0 saturated heterocycles. The van der Waals surface area contributed by atoms with Crippen LogP contribution >= 0.6 is 11.6 Å². The van der Waals surface area contributed by atoms with Crippen molar-refractivity contribution in [2.75, 3.05) is 17.7 Å². The first-order chi connectivity index (χ1) is 14.1. The van der Waals surface area contributed by atoms with Crippen LogP contribution in [0.5, 0.6) is 5.75 Å². The summed E-state index contributed by atoms with van der Waals surface area (Å²) in [6, 6.07) is 11.0. The Morgan fingerprint density at radius 3 is 2.23 bits per heavy atom. The zero-order chi connectivity index (χ0) is 22.5. The molecule has 30 heavy (non-hydrogen) atoms. The first-order valence-corrected chi connectivity index (χ1v) is 12.0. The number of benzene rings is 2. The molecule has 2 rings (SSSR count). The van der Waals surface area contributed by atoms with E-state index < -0.39 is 16.1 Å². The maximum atomic E-state index is 13.2. The highest BCUT2D eigenvalue weighted by atomic mass is 35.5. The van der Waals surface area contributed by atoms with E-state index in [0.717, 1.165) is 27.4 Å². The van der Waals surface area contributed by atoms with Gasteiger partial charge in [-0.25, -0.2) is 8.42 Å². The average Bonchev–Trinajstić information content (AvgIpc) is 2.70. The number of hydrogen-bond acceptors (Lipinski definition) is 4. The molecule has 0 fully saturated rings. The van der Waals surface area contributed by atoms with Crippen LogP contribution in [0.4, 0.5) is 5.69 Å². The predicted octanol–water partition coefficient (Wildman–Crippen LogP) is 4.47. The van der Waals surface area contributed by atoms with Crippen LogP contribution in [0.25, 0.3) is 0 Å². The minimum absolute atomic E-state index is 0.247. The van der Waals surface area contributed by atoms with Gasteiger partial charge < -0.3 is 10.1 Å². The quantitative estimate of drug-likeness (QED) is 0.609. The number of hydrogen-bond donors (Lipinski definition) is 1. The predicted molar refractivity (Wildman–Crippen MR) is 122 cm³/mol. The number of nitrogens with one attached hydrogen (secondary N) is 1. The van der Waals surface area contributed by atoms with Crippen LogP contribution in [0.15, 0.2) is 42.5 Å². The van der Waals surface area contributed by atoms with Crippen molar-refractivity contribution in [1.82, 2.24) is 5.32 Å². The van der Waals surface area contributed by atoms with Crippen LogP contribution in [0.3, 0.4) is 0 Å². The van der Waals surface area contributed by atoms with Gasteiger partial charge in [-0.3, -0.25) is 9.10 Å². The Kier molecular flexibility index (Phi) is 8.15. The summed E-state index contributed by atoms with van der Waals surface area (Å²) in [5.74, 6) is 0.426. The summed E-state index contributed by atoms with van der Waals surface area (Å²) in [6.07, 6.45) is 2.08. The molecular weight excluding hydrogens is 424 g/mol. The van der Waals surface area contributed by atoms with Crippen molar-refractivity contribution in [3.8, 4) is 5.75 Å². The molecule has 1 N–H and O–H groups in total. The number of carbonyl (C=O) groups is 1. The van der Waals surface area contributed by atoms with Crippen molar-refractivity contribution in [3.63, 3.8) is 0 Å². The summed E-state index contributed by atoms with van der Waals surface area (Å²) in [5, 5.41) is 3.51. The molecule has 2 unspecified atom stereocenters. The van der Waals surface area contributed by atoms with Gasteiger partial charge in [0.1, 0.15) is 11.8 Å². The van der Waals surface area contributed by atoms with E-state index in [1.165, 1.54) is 0 Å². The van der Waals surface area contributed by atoms with E-state index in [0.29, 0.717) is 23.6 Å². The number of ether oxygens (including phenoxy) is 1. The number of sulfonamides is 1. The van der Waals surface area contributed by atoms with Gasteiger partial charge in [-0.05, 0) is 61.2 Å². The molecule has 2 atom stereocenters. The first-order valence-electron chi connectivity index (χ1n) is 9.82. The summed E-state index contributed by atoms with van der Waals surface area (Å²) in [7, 11) is -2.08. The van der Waals surface area contributed by atoms with Gasteiger partial charge in [0, 0.05) is 5.02 Å². The SMILES string of the molecule is CCC(NC(=O)C(CC)N(c1ccc(Cl)cc1)S(C)(=O)=O)c1ccc(OC)c(C)c1. The fourth-order valence-electron chi connectivity index (χ4n) is 3.46. The molecule has 0 aromatic heterocycles. The Morgan fingerprint density at radius 2 is 1.77 bits per heavy atom. The van der Waals surface area contributed by atoms with E-state index in [1.54, 1.807) is 38.3 Å². The molecule has 8 heteroatoms. The monoisotopic (exact) mass is 452 g/mol. The highest BCUT2D eigenvalue weighted by molar-refractivity contribution is 7.92. The summed E-state index contributed by atoms with van der Waals surface area (Å²) in [5.41, 5.74) is 2.31. The molecule has 0 aliphatic heterocycles. The minimum atomic E-state index is -3.70. The van der Waals surface area contributed by atoms with Gasteiger partial charge in [0.05, 0.1) is 25.1 Å². The lowest BCUT2D eigenvalue weighted by atomic mass is 10.0. The second-order valence-electron chi connectivity index (χ2n) is 7.16. The van der Waals surface area contributed by atoms with Gasteiger partial charge in [0.15, 0.2) is 0 Å². The Morgan fingerprint density at radius 1 is 1.13 bits per heavy atom. The molecule has 0 aliphatic carbocycles. The molecule has 1 amide bonds. The smallest absolute Gasteiger partial charge is 0.244 e. The number of anilines is 1. The van der Waals surface area contributed by atoms with E-state index in [2.05, 4.69) is 5.32 Å². The Labute approximate surface area is 184 Å². The molecule has 0 aliphatic rings. The number of aryl methyl sites for hydroxylation is 1. The van der Waals surface area contributed by atoms with Crippen molar-refractivity contribution in [3.05, 3.63) is 58.6 Å². The molecule has 0 spiro atoms. The molecule has 0 radical (unpaired) electrons. The van der Waals surface area contributed by atoms with Crippen molar-refractivity contribution < 1.29 is 17.9 Å². The third-order valence-electron chi connectivity index (χ3n) is 4.96. The van der Waals surface area contributed by atoms with Gasteiger partial charge in [-0.2, -0.15) is 0 Å². The van der Waals surface area contributed by atoms with E-state index in [4.69, 9.17) is 16.3 Å². The summed E-state index contributed by atoms with van der Waals surface area (Å²) in [6.45, 7) is 5.70. The second-order valence-corrected chi connectivity index (χ2v) is 9.45. The summed E-state index contributed by atoms with van der Waals surface area (Å²) >= 11 is 5.94. The van der Waals surface area contributed by atoms with Crippen molar-refractivity contribution >= 4 is 33.2 Å². The zero-order valence-electron chi connectivity index (χ0n) is 18.0. The highest BCUT2D eigenvalue weighted by Gasteiger charge is 2.32. The lowest BCUT2D eigenvalue weighted by Gasteiger charge is -2.31. The lowest BCUT2D eigenvalue weighted by molar-refractivity contribution is -0.123. The number of carbonyl (C=O) groups excluding carboxylic acids is 1. The Balaban J connectivity index is 2.34. The molecule has 2 aromatic rings. The lowest BCUT2D eigenvalue weighted by Crippen LogP contribution is -2.50. The fraction of sp³-hybridized carbons (Fsp3) is 0.409. The Hall–Kier alpha value is -2.25. The van der Waals surface area contributed by atoms with Crippen molar-refractivity contribution in [2.45, 2.75) is 45.7 Å². The van der Waals surface area contributed by atoms with Gasteiger partial charge >= 0.3 is 0 Å². The minimum Gasteiger partial charge on any atom is -0.496 e. The number of nitrogens with zero attached hydrogens (tertiary/aromatic N) is 1. The van der Waals surface area contributed by atoms with Crippen LogP contribution in [0.2, 0.25) is 5.02 Å². The van der Waals surface area contributed by atoms with Crippen LogP contribution < -0.4 is 14.4 Å². The molecular formula is C22H29ClN2O4S. The van der Waals surface area contributed by atoms with Gasteiger partial charge in [-0.15, -0.1) is 0 Å². The fourth-order valence-corrected chi connectivity index (χ4v) is 4.79. The molecule has 0 bridgehead atoms. The van der Waals surface area contributed by atoms with Crippen LogP contribution in [-0.4, -0.2) is 33.7 Å². The van der Waals surface area contributed by atoms with Crippen LogP contribution in [0, 0.1) is 6.92 Å². The third-order valence-corrected chi connectivity index (χ3v) is 6.39. The van der Waals surface area contributed by atoms with E-state index in [-0.39, 0.29) is 11.9 Å². The molecule has 6 nitrogen and oxygen atoms in total. The summed E-state index contributed by atoms with van der Waals surface area (Å²) in [4.78, 5) is 13.2. The highest BCUT2D eigenvalue weighted by Crippen LogP contribution is 2.27. The number of amides is 1. The number of rotatable bonds is 9. The van der Waals surface area contributed by atoms with Crippen LogP contribution in [-0.2, 0) is 14.8 Å². The van der Waals surface area contributed by atoms with E-state index in [1.807, 2.05) is 32.0 Å². The van der Waals surface area contributed by atoms with Gasteiger partial charge in [-0.1, -0.05) is 37.6 Å². The third kappa shape index (κ3) is 5.67. The van der Waals surface area contributed by atoms with Gasteiger partial charge in [0.25, 0.3) is 0 Å². The average molecular weight is 453 g/mol. The van der Waals surface area contributed by atoms with Crippen LogP contribution in [0.1, 0.15) is 43.9 Å². The topological polar surface area (TPSA) is 75.7 Å². The zero-order valence-corrected chi connectivity index (χ0v) is 19.5. The Bertz CT molecular complexity index is 977. The molecule has 0 saturated carbocycles. The summed E-state index contributed by atoms with van der Waals surface area (Å²) < 4.78 is 31.6. The van der Waals surface area contributed by atoms with Crippen molar-refractivity contribution in [1.29, 1.82) is 0 Å². The molecule has 164 valence electrons. The van der Waals surface area contributed by atoms with Crippen molar-refractivity contribution in [2.24, 2.45) is 0 Å². The maximum Gasteiger partial charge on any atom is 0.244 e. The first kappa shape index (κ1) is 24.0. The molecule has 2 aromatic carbocycles. The molecule has 0 heterocycles. The van der Waals surface area contributed by atoms with E-state index >= 15 is 0 Å². The largest absolute Gasteiger partial charge is 0.496 e. The standard InChI is InChI=1S/C22H29ClN2O4S/c1-6-19(16-8-13-21(29-4)15(3)14-16)24-22(26)20(7-2)25(30(5,27)28)18-11-9-17(23)10-12-18/h8-14,19-20H,6-7H2,1-5H3,(H,24,26). The maximum absolute atomic E-state index is 13.2. The number of halogens is 1. The van der Waals surface area contributed by atoms with Gasteiger partial charge in [0.2, 0.25) is 15.9 Å². The normalized spacial score (nSPS) is 13.4.